The highest BCUT2D eigenvalue weighted by atomic mass is 35.5. The molecule has 1 saturated carbocycles. The van der Waals surface area contributed by atoms with Crippen molar-refractivity contribution in [1.29, 1.82) is 0 Å². The van der Waals surface area contributed by atoms with Crippen molar-refractivity contribution in [3.8, 4) is 11.5 Å². The number of rotatable bonds is 5. The Morgan fingerprint density at radius 2 is 2.00 bits per heavy atom. The third-order valence-electron chi connectivity index (χ3n) is 3.31. The second kappa shape index (κ2) is 6.22. The third-order valence-corrected chi connectivity index (χ3v) is 3.86. The molecule has 1 aliphatic carbocycles. The molecule has 1 fully saturated rings. The lowest BCUT2D eigenvalue weighted by atomic mass is 10.2. The van der Waals surface area contributed by atoms with E-state index in [1.807, 2.05) is 6.07 Å². The summed E-state index contributed by atoms with van der Waals surface area (Å²) in [6.45, 7) is 0.565. The van der Waals surface area contributed by atoms with Crippen molar-refractivity contribution in [1.82, 2.24) is 5.32 Å². The van der Waals surface area contributed by atoms with E-state index in [9.17, 15) is 4.39 Å². The van der Waals surface area contributed by atoms with Gasteiger partial charge in [0.2, 0.25) is 0 Å². The van der Waals surface area contributed by atoms with Crippen LogP contribution in [0.2, 0.25) is 10.0 Å². The summed E-state index contributed by atoms with van der Waals surface area (Å²) in [4.78, 5) is 0. The minimum atomic E-state index is -0.416. The molecule has 0 radical (unpaired) electrons. The van der Waals surface area contributed by atoms with E-state index >= 15 is 0 Å². The van der Waals surface area contributed by atoms with Gasteiger partial charge in [-0.15, -0.1) is 0 Å². The van der Waals surface area contributed by atoms with Crippen LogP contribution in [0.4, 0.5) is 4.39 Å². The van der Waals surface area contributed by atoms with E-state index in [4.69, 9.17) is 27.9 Å². The first kappa shape index (κ1) is 14.6. The van der Waals surface area contributed by atoms with Gasteiger partial charge < -0.3 is 10.1 Å². The van der Waals surface area contributed by atoms with Crippen molar-refractivity contribution in [3.05, 3.63) is 57.8 Å². The molecular formula is C16H14Cl2FNO. The zero-order valence-corrected chi connectivity index (χ0v) is 12.7. The van der Waals surface area contributed by atoms with Crippen molar-refractivity contribution in [2.45, 2.75) is 25.4 Å². The van der Waals surface area contributed by atoms with Crippen molar-refractivity contribution in [3.63, 3.8) is 0 Å². The Balaban J connectivity index is 1.87. The molecule has 0 heterocycles. The number of halogens is 3. The van der Waals surface area contributed by atoms with Crippen LogP contribution in [0.25, 0.3) is 0 Å². The number of ether oxygens (including phenoxy) is 1. The van der Waals surface area contributed by atoms with Crippen LogP contribution in [0.5, 0.6) is 11.5 Å². The fourth-order valence-corrected chi connectivity index (χ4v) is 2.33. The van der Waals surface area contributed by atoms with E-state index in [-0.39, 0.29) is 5.75 Å². The van der Waals surface area contributed by atoms with Gasteiger partial charge in [-0.05, 0) is 31.0 Å². The van der Waals surface area contributed by atoms with E-state index in [0.717, 1.165) is 5.56 Å². The predicted molar refractivity (Wildman–Crippen MR) is 82.8 cm³/mol. The van der Waals surface area contributed by atoms with Gasteiger partial charge in [0, 0.05) is 29.2 Å². The Morgan fingerprint density at radius 3 is 2.76 bits per heavy atom. The highest BCUT2D eigenvalue weighted by molar-refractivity contribution is 6.34. The van der Waals surface area contributed by atoms with E-state index in [1.165, 1.54) is 18.9 Å². The smallest absolute Gasteiger partial charge is 0.167 e. The van der Waals surface area contributed by atoms with E-state index in [0.29, 0.717) is 28.4 Å². The lowest BCUT2D eigenvalue weighted by Gasteiger charge is -2.14. The average molecular weight is 326 g/mol. The second-order valence-electron chi connectivity index (χ2n) is 5.06. The Kier molecular flexibility index (Phi) is 4.34. The van der Waals surface area contributed by atoms with Crippen LogP contribution in [-0.2, 0) is 6.54 Å². The Labute approximate surface area is 132 Å². The lowest BCUT2D eigenvalue weighted by Crippen LogP contribution is -2.16. The van der Waals surface area contributed by atoms with E-state index in [1.54, 1.807) is 24.3 Å². The van der Waals surface area contributed by atoms with Gasteiger partial charge in [0.25, 0.3) is 0 Å². The fourth-order valence-electron chi connectivity index (χ4n) is 2.01. The number of para-hydroxylation sites is 1. The summed E-state index contributed by atoms with van der Waals surface area (Å²) in [5.74, 6) is 0.123. The highest BCUT2D eigenvalue weighted by Gasteiger charge is 2.21. The molecular weight excluding hydrogens is 312 g/mol. The van der Waals surface area contributed by atoms with Crippen LogP contribution in [-0.4, -0.2) is 6.04 Å². The van der Waals surface area contributed by atoms with Gasteiger partial charge in [0.1, 0.15) is 5.75 Å². The molecule has 2 nitrogen and oxygen atoms in total. The van der Waals surface area contributed by atoms with Crippen LogP contribution < -0.4 is 10.1 Å². The summed E-state index contributed by atoms with van der Waals surface area (Å²) in [5.41, 5.74) is 0.762. The molecule has 0 saturated heterocycles. The molecule has 110 valence electrons. The molecule has 0 aromatic heterocycles. The van der Waals surface area contributed by atoms with Crippen molar-refractivity contribution >= 4 is 23.2 Å². The summed E-state index contributed by atoms with van der Waals surface area (Å²) in [7, 11) is 0. The third kappa shape index (κ3) is 3.67. The van der Waals surface area contributed by atoms with Crippen molar-refractivity contribution in [2.75, 3.05) is 0 Å². The quantitative estimate of drug-likeness (QED) is 0.818. The molecule has 0 spiro atoms. The number of nitrogens with one attached hydrogen (secondary N) is 1. The van der Waals surface area contributed by atoms with Crippen molar-refractivity contribution in [2.24, 2.45) is 0 Å². The summed E-state index contributed by atoms with van der Waals surface area (Å²) >= 11 is 12.0. The summed E-state index contributed by atoms with van der Waals surface area (Å²) in [6, 6.07) is 10.3. The first-order valence-corrected chi connectivity index (χ1v) is 7.53. The fraction of sp³-hybridized carbons (Fsp3) is 0.250. The molecule has 1 aliphatic rings. The molecule has 0 bridgehead atoms. The van der Waals surface area contributed by atoms with Crippen LogP contribution in [0, 0.1) is 5.82 Å². The SMILES string of the molecule is Fc1cccc(CNC2CC2)c1Oc1cc(Cl)ccc1Cl. The number of benzene rings is 2. The molecule has 0 atom stereocenters. The average Bonchev–Trinajstić information content (AvgIpc) is 3.27. The van der Waals surface area contributed by atoms with Gasteiger partial charge in [-0.1, -0.05) is 35.3 Å². The predicted octanol–water partition coefficient (Wildman–Crippen LogP) is 5.18. The van der Waals surface area contributed by atoms with Crippen LogP contribution in [0.3, 0.4) is 0 Å². The zero-order chi connectivity index (χ0) is 14.8. The second-order valence-corrected chi connectivity index (χ2v) is 5.90. The van der Waals surface area contributed by atoms with Gasteiger partial charge in [-0.25, -0.2) is 4.39 Å². The monoisotopic (exact) mass is 325 g/mol. The molecule has 21 heavy (non-hydrogen) atoms. The lowest BCUT2D eigenvalue weighted by molar-refractivity contribution is 0.433. The van der Waals surface area contributed by atoms with Gasteiger partial charge in [-0.2, -0.15) is 0 Å². The molecule has 5 heteroatoms. The van der Waals surface area contributed by atoms with Gasteiger partial charge in [0.15, 0.2) is 11.6 Å². The molecule has 0 unspecified atom stereocenters. The number of hydrogen-bond acceptors (Lipinski definition) is 2. The zero-order valence-electron chi connectivity index (χ0n) is 11.2. The maximum Gasteiger partial charge on any atom is 0.167 e. The maximum absolute atomic E-state index is 14.1. The highest BCUT2D eigenvalue weighted by Crippen LogP contribution is 2.35. The topological polar surface area (TPSA) is 21.3 Å². The minimum absolute atomic E-state index is 0.190. The first-order chi connectivity index (χ1) is 10.1. The molecule has 3 rings (SSSR count). The standard InChI is InChI=1S/C16H14Cl2FNO/c17-11-4-7-13(18)15(8-11)21-16-10(2-1-3-14(16)19)9-20-12-5-6-12/h1-4,7-8,12,20H,5-6,9H2. The molecule has 2 aromatic rings. The van der Waals surface area contributed by atoms with Gasteiger partial charge in [-0.3, -0.25) is 0 Å². The minimum Gasteiger partial charge on any atom is -0.452 e. The largest absolute Gasteiger partial charge is 0.452 e. The van der Waals surface area contributed by atoms with Crippen LogP contribution in [0.1, 0.15) is 18.4 Å². The molecule has 0 amide bonds. The summed E-state index contributed by atoms with van der Waals surface area (Å²) < 4.78 is 19.8. The van der Waals surface area contributed by atoms with E-state index in [2.05, 4.69) is 5.32 Å². The Bertz CT molecular complexity index is 659. The molecule has 1 N–H and O–H groups in total. The normalized spacial score (nSPS) is 14.2. The van der Waals surface area contributed by atoms with Crippen molar-refractivity contribution < 1.29 is 9.13 Å². The van der Waals surface area contributed by atoms with Crippen LogP contribution >= 0.6 is 23.2 Å². The van der Waals surface area contributed by atoms with E-state index < -0.39 is 5.82 Å². The Morgan fingerprint density at radius 1 is 1.19 bits per heavy atom. The summed E-state index contributed by atoms with van der Waals surface area (Å²) in [6.07, 6.45) is 2.34. The maximum atomic E-state index is 14.1. The Hall–Kier alpha value is -1.29. The summed E-state index contributed by atoms with van der Waals surface area (Å²) in [5, 5.41) is 4.23. The molecule has 2 aromatic carbocycles. The molecule has 0 aliphatic heterocycles. The van der Waals surface area contributed by atoms with Crippen LogP contribution in [0.15, 0.2) is 36.4 Å². The first-order valence-electron chi connectivity index (χ1n) is 6.77. The van der Waals surface area contributed by atoms with Gasteiger partial charge in [0.05, 0.1) is 5.02 Å². The number of hydrogen-bond donors (Lipinski definition) is 1. The van der Waals surface area contributed by atoms with Gasteiger partial charge >= 0.3 is 0 Å².